The molecule has 3 heterocycles. The number of benzene rings is 2. The van der Waals surface area contributed by atoms with E-state index >= 15 is 0 Å². The number of aromatic nitrogens is 4. The van der Waals surface area contributed by atoms with E-state index in [1.165, 1.54) is 17.1 Å². The predicted octanol–water partition coefficient (Wildman–Crippen LogP) is 3.97. The summed E-state index contributed by atoms with van der Waals surface area (Å²) in [4.78, 5) is 23.5. The van der Waals surface area contributed by atoms with Crippen LogP contribution < -0.4 is 14.2 Å². The van der Waals surface area contributed by atoms with E-state index in [1.54, 1.807) is 18.0 Å². The van der Waals surface area contributed by atoms with Crippen molar-refractivity contribution >= 4 is 21.9 Å². The van der Waals surface area contributed by atoms with Gasteiger partial charge in [-0.05, 0) is 62.1 Å². The minimum absolute atomic E-state index is 0.0125. The Hall–Kier alpha value is -4.45. The van der Waals surface area contributed by atoms with Gasteiger partial charge in [0, 0.05) is 37.8 Å². The Bertz CT molecular complexity index is 1700. The van der Waals surface area contributed by atoms with Gasteiger partial charge in [0.05, 0.1) is 18.4 Å². The van der Waals surface area contributed by atoms with E-state index in [1.807, 2.05) is 64.1 Å². The van der Waals surface area contributed by atoms with Crippen LogP contribution in [0.1, 0.15) is 28.7 Å². The summed E-state index contributed by atoms with van der Waals surface area (Å²) in [5.41, 5.74) is 5.47. The SMILES string of the molecule is Cc1cc(C)cc(OCC(=O)N2CCC(Oc3cc(-c4c(C)cccc4C)nc(NS(=O)(=O)c4cnn(C)c4)n3)C2)c1. The highest BCUT2D eigenvalue weighted by molar-refractivity contribution is 7.92. The molecule has 0 radical (unpaired) electrons. The Morgan fingerprint density at radius 2 is 1.76 bits per heavy atom. The monoisotopic (exact) mass is 590 g/mol. The summed E-state index contributed by atoms with van der Waals surface area (Å²) in [7, 11) is -2.36. The van der Waals surface area contributed by atoms with E-state index in [4.69, 9.17) is 9.47 Å². The molecule has 1 unspecified atom stereocenters. The van der Waals surface area contributed by atoms with Crippen LogP contribution in [0.25, 0.3) is 11.3 Å². The van der Waals surface area contributed by atoms with Gasteiger partial charge in [0.15, 0.2) is 6.61 Å². The van der Waals surface area contributed by atoms with Crippen LogP contribution in [0.3, 0.4) is 0 Å². The Balaban J connectivity index is 1.34. The molecule has 12 heteroatoms. The zero-order valence-corrected chi connectivity index (χ0v) is 25.1. The van der Waals surface area contributed by atoms with Crippen molar-refractivity contribution in [3.8, 4) is 22.9 Å². The number of rotatable bonds is 9. The fraction of sp³-hybridized carbons (Fsp3) is 0.333. The van der Waals surface area contributed by atoms with Gasteiger partial charge in [0.2, 0.25) is 11.8 Å². The van der Waals surface area contributed by atoms with E-state index in [-0.39, 0.29) is 35.3 Å². The smallest absolute Gasteiger partial charge is 0.267 e. The molecule has 1 atom stereocenters. The van der Waals surface area contributed by atoms with Crippen LogP contribution in [0.2, 0.25) is 0 Å². The van der Waals surface area contributed by atoms with E-state index in [2.05, 4.69) is 19.8 Å². The average molecular weight is 591 g/mol. The number of sulfonamides is 1. The van der Waals surface area contributed by atoms with Gasteiger partial charge < -0.3 is 14.4 Å². The molecule has 0 spiro atoms. The van der Waals surface area contributed by atoms with Crippen LogP contribution in [0, 0.1) is 27.7 Å². The molecule has 0 bridgehead atoms. The number of nitrogens with one attached hydrogen (secondary N) is 1. The van der Waals surface area contributed by atoms with Crippen molar-refractivity contribution in [1.82, 2.24) is 24.6 Å². The first-order valence-corrected chi connectivity index (χ1v) is 15.1. The number of hydrogen-bond acceptors (Lipinski definition) is 8. The van der Waals surface area contributed by atoms with E-state index in [0.717, 1.165) is 27.8 Å². The Morgan fingerprint density at radius 3 is 2.43 bits per heavy atom. The van der Waals surface area contributed by atoms with Crippen molar-refractivity contribution in [3.63, 3.8) is 0 Å². The molecule has 2 aromatic carbocycles. The molecule has 2 aromatic heterocycles. The van der Waals surface area contributed by atoms with Crippen molar-refractivity contribution in [2.45, 2.75) is 45.1 Å². The standard InChI is InChI=1S/C30H34N6O5S/c1-19-11-20(2)13-24(12-19)40-18-28(37)36-10-9-23(16-36)41-27-14-26(29-21(3)7-6-8-22(29)4)32-30(33-27)34-42(38,39)25-15-31-35(5)17-25/h6-8,11-15,17,23H,9-10,16,18H2,1-5H3,(H,32,33,34). The van der Waals surface area contributed by atoms with Crippen LogP contribution in [0.15, 0.2) is 59.8 Å². The van der Waals surface area contributed by atoms with E-state index in [0.29, 0.717) is 31.0 Å². The molecule has 4 aromatic rings. The maximum Gasteiger partial charge on any atom is 0.267 e. The second-order valence-corrected chi connectivity index (χ2v) is 12.3. The molecule has 42 heavy (non-hydrogen) atoms. The first-order valence-electron chi connectivity index (χ1n) is 13.6. The molecule has 1 aliphatic heterocycles. The predicted molar refractivity (Wildman–Crippen MR) is 158 cm³/mol. The number of aryl methyl sites for hydroxylation is 5. The summed E-state index contributed by atoms with van der Waals surface area (Å²) in [5, 5.41) is 3.95. The van der Waals surface area contributed by atoms with Gasteiger partial charge in [-0.25, -0.2) is 18.1 Å². The number of nitrogens with zero attached hydrogens (tertiary/aromatic N) is 5. The highest BCUT2D eigenvalue weighted by Crippen LogP contribution is 2.30. The quantitative estimate of drug-likeness (QED) is 0.310. The third kappa shape index (κ3) is 6.71. The van der Waals surface area contributed by atoms with Crippen LogP contribution >= 0.6 is 0 Å². The summed E-state index contributed by atoms with van der Waals surface area (Å²) >= 11 is 0. The summed E-state index contributed by atoms with van der Waals surface area (Å²) < 4.78 is 41.9. The van der Waals surface area contributed by atoms with Crippen LogP contribution in [0.4, 0.5) is 5.95 Å². The number of hydrogen-bond donors (Lipinski definition) is 1. The molecule has 0 saturated carbocycles. The lowest BCUT2D eigenvalue weighted by Gasteiger charge is -2.18. The molecule has 11 nitrogen and oxygen atoms in total. The van der Waals surface area contributed by atoms with Gasteiger partial charge in [-0.3, -0.25) is 9.48 Å². The lowest BCUT2D eigenvalue weighted by Crippen LogP contribution is -2.34. The third-order valence-corrected chi connectivity index (χ3v) is 8.28. The molecule has 1 aliphatic rings. The normalized spacial score (nSPS) is 15.1. The molecule has 1 amide bonds. The topological polar surface area (TPSA) is 129 Å². The Kier molecular flexibility index (Phi) is 8.17. The number of amides is 1. The number of carbonyl (C=O) groups excluding carboxylic acids is 1. The summed E-state index contributed by atoms with van der Waals surface area (Å²) in [6.45, 7) is 8.69. The Morgan fingerprint density at radius 1 is 1.05 bits per heavy atom. The fourth-order valence-corrected chi connectivity index (χ4v) is 6.00. The number of carbonyl (C=O) groups is 1. The highest BCUT2D eigenvalue weighted by atomic mass is 32.2. The average Bonchev–Trinajstić information content (AvgIpc) is 3.56. The summed E-state index contributed by atoms with van der Waals surface area (Å²) in [6, 6.07) is 13.4. The van der Waals surface area contributed by atoms with Crippen molar-refractivity contribution in [2.24, 2.45) is 7.05 Å². The van der Waals surface area contributed by atoms with Crippen LogP contribution in [0.5, 0.6) is 11.6 Å². The van der Waals surface area contributed by atoms with E-state index in [9.17, 15) is 13.2 Å². The minimum atomic E-state index is -3.99. The molecule has 1 saturated heterocycles. The molecular weight excluding hydrogens is 556 g/mol. The van der Waals surface area contributed by atoms with Gasteiger partial charge >= 0.3 is 0 Å². The maximum atomic E-state index is 13.0. The molecule has 0 aliphatic carbocycles. The summed E-state index contributed by atoms with van der Waals surface area (Å²) in [6.07, 6.45) is 2.90. The van der Waals surface area contributed by atoms with Crippen LogP contribution in [-0.4, -0.2) is 64.8 Å². The largest absolute Gasteiger partial charge is 0.484 e. The molecule has 220 valence electrons. The Labute approximate surface area is 245 Å². The van der Waals surface area contributed by atoms with Gasteiger partial charge in [-0.15, -0.1) is 0 Å². The van der Waals surface area contributed by atoms with Crippen molar-refractivity contribution < 1.29 is 22.7 Å². The van der Waals surface area contributed by atoms with Gasteiger partial charge in [0.1, 0.15) is 16.7 Å². The first-order chi connectivity index (χ1) is 20.0. The summed E-state index contributed by atoms with van der Waals surface area (Å²) in [5.74, 6) is 0.609. The first kappa shape index (κ1) is 29.1. The zero-order chi connectivity index (χ0) is 30.0. The number of anilines is 1. The molecule has 1 fully saturated rings. The highest BCUT2D eigenvalue weighted by Gasteiger charge is 2.29. The van der Waals surface area contributed by atoms with E-state index < -0.39 is 10.0 Å². The maximum absolute atomic E-state index is 13.0. The molecule has 1 N–H and O–H groups in total. The third-order valence-electron chi connectivity index (χ3n) is 7.00. The van der Waals surface area contributed by atoms with Gasteiger partial charge in [-0.2, -0.15) is 10.1 Å². The van der Waals surface area contributed by atoms with Crippen molar-refractivity contribution in [1.29, 1.82) is 0 Å². The fourth-order valence-electron chi connectivity index (χ4n) is 5.07. The van der Waals surface area contributed by atoms with Gasteiger partial charge in [-0.1, -0.05) is 24.3 Å². The van der Waals surface area contributed by atoms with Crippen LogP contribution in [-0.2, 0) is 21.9 Å². The molecule has 5 rings (SSSR count). The van der Waals surface area contributed by atoms with Gasteiger partial charge in [0.25, 0.3) is 15.9 Å². The molecular formula is C30H34N6O5S. The second-order valence-electron chi connectivity index (χ2n) is 10.6. The number of likely N-dealkylation sites (tertiary alicyclic amines) is 1. The number of ether oxygens (including phenoxy) is 2. The lowest BCUT2D eigenvalue weighted by molar-refractivity contribution is -0.132. The van der Waals surface area contributed by atoms with Crippen molar-refractivity contribution in [3.05, 3.63) is 77.1 Å². The second kappa shape index (κ2) is 11.8. The zero-order valence-electron chi connectivity index (χ0n) is 24.3. The lowest BCUT2D eigenvalue weighted by atomic mass is 10.00. The van der Waals surface area contributed by atoms with Crippen molar-refractivity contribution in [2.75, 3.05) is 24.4 Å². The minimum Gasteiger partial charge on any atom is -0.484 e.